The molecule has 0 fully saturated rings. The molecule has 1 aromatic rings. The van der Waals surface area contributed by atoms with Gasteiger partial charge in [-0.3, -0.25) is 4.79 Å². The van der Waals surface area contributed by atoms with Crippen LogP contribution < -0.4 is 0 Å². The highest BCUT2D eigenvalue weighted by Crippen LogP contribution is 2.22. The molecule has 0 heterocycles. The van der Waals surface area contributed by atoms with Crippen LogP contribution in [0.25, 0.3) is 0 Å². The Hall–Kier alpha value is -1.10. The highest BCUT2D eigenvalue weighted by Gasteiger charge is 2.18. The second-order valence-corrected chi connectivity index (χ2v) is 4.19. The first kappa shape index (κ1) is 14.0. The monoisotopic (exact) mass is 276 g/mol. The maximum atomic E-state index is 11.6. The van der Waals surface area contributed by atoms with E-state index in [0.29, 0.717) is 0 Å². The van der Waals surface area contributed by atoms with Crippen molar-refractivity contribution in [2.75, 3.05) is 5.88 Å². The van der Waals surface area contributed by atoms with Crippen molar-refractivity contribution in [3.05, 3.63) is 34.3 Å². The molecule has 0 aliphatic carbocycles. The summed E-state index contributed by atoms with van der Waals surface area (Å²) in [5.74, 6) is -1.48. The lowest BCUT2D eigenvalue weighted by Crippen LogP contribution is -2.11. The number of Topliss-reactive ketones (excluding diaryl/α,β-unsaturated/α-hetero) is 1. The molecule has 0 aliphatic rings. The van der Waals surface area contributed by atoms with Gasteiger partial charge >= 0.3 is 5.97 Å². The molecule has 0 radical (unpaired) electrons. The number of rotatable bonds is 5. The molecule has 2 N–H and O–H groups in total. The van der Waals surface area contributed by atoms with Crippen molar-refractivity contribution in [1.29, 1.82) is 0 Å². The molecule has 1 aromatic carbocycles. The number of alkyl halides is 1. The van der Waals surface area contributed by atoms with Gasteiger partial charge in [-0.1, -0.05) is 11.6 Å². The molecule has 1 unspecified atom stereocenters. The lowest BCUT2D eigenvalue weighted by molar-refractivity contribution is -0.146. The molecule has 0 amide bonds. The van der Waals surface area contributed by atoms with E-state index in [1.807, 2.05) is 0 Å². The van der Waals surface area contributed by atoms with Crippen LogP contribution >= 0.6 is 23.2 Å². The lowest BCUT2D eigenvalue weighted by atomic mass is 10.0. The molecule has 0 aromatic heterocycles. The third-order valence-electron chi connectivity index (χ3n) is 2.11. The van der Waals surface area contributed by atoms with E-state index in [2.05, 4.69) is 0 Å². The van der Waals surface area contributed by atoms with Crippen LogP contribution in [0, 0.1) is 0 Å². The molecule has 0 bridgehead atoms. The van der Waals surface area contributed by atoms with Gasteiger partial charge in [0.2, 0.25) is 0 Å². The molecular formula is C11H10Cl2O4. The summed E-state index contributed by atoms with van der Waals surface area (Å²) < 4.78 is 0. The molecule has 92 valence electrons. The van der Waals surface area contributed by atoms with Crippen molar-refractivity contribution in [1.82, 2.24) is 0 Å². The van der Waals surface area contributed by atoms with Crippen molar-refractivity contribution < 1.29 is 19.8 Å². The maximum Gasteiger partial charge on any atom is 0.337 e. The SMILES string of the molecule is O=C(CCCl)c1cc(Cl)cc(C(O)C(=O)O)c1. The van der Waals surface area contributed by atoms with Crippen molar-refractivity contribution in [2.24, 2.45) is 0 Å². The number of carboxylic acid groups (broad SMARTS) is 1. The number of ketones is 1. The first-order valence-corrected chi connectivity index (χ1v) is 5.67. The number of aliphatic hydroxyl groups excluding tert-OH is 1. The van der Waals surface area contributed by atoms with E-state index in [0.717, 1.165) is 0 Å². The van der Waals surface area contributed by atoms with Gasteiger partial charge in [-0.25, -0.2) is 4.79 Å². The van der Waals surface area contributed by atoms with Gasteiger partial charge in [-0.2, -0.15) is 0 Å². The number of halogens is 2. The summed E-state index contributed by atoms with van der Waals surface area (Å²) in [7, 11) is 0. The Labute approximate surface area is 108 Å². The van der Waals surface area contributed by atoms with Gasteiger partial charge in [-0.15, -0.1) is 11.6 Å². The largest absolute Gasteiger partial charge is 0.479 e. The second-order valence-electron chi connectivity index (χ2n) is 3.38. The topological polar surface area (TPSA) is 74.6 Å². The van der Waals surface area contributed by atoms with Crippen molar-refractivity contribution >= 4 is 35.0 Å². The molecule has 4 nitrogen and oxygen atoms in total. The quantitative estimate of drug-likeness (QED) is 0.639. The van der Waals surface area contributed by atoms with Crippen LogP contribution in [-0.4, -0.2) is 27.8 Å². The van der Waals surface area contributed by atoms with E-state index in [1.54, 1.807) is 0 Å². The molecule has 0 spiro atoms. The Balaban J connectivity index is 3.10. The summed E-state index contributed by atoms with van der Waals surface area (Å²) in [6.07, 6.45) is -1.57. The van der Waals surface area contributed by atoms with Gasteiger partial charge in [0.05, 0.1) is 0 Å². The van der Waals surface area contributed by atoms with Crippen LogP contribution in [0.1, 0.15) is 28.4 Å². The summed E-state index contributed by atoms with van der Waals surface area (Å²) >= 11 is 11.2. The molecule has 1 atom stereocenters. The Bertz CT molecular complexity index is 445. The van der Waals surface area contributed by atoms with Crippen LogP contribution in [-0.2, 0) is 4.79 Å². The average molecular weight is 277 g/mol. The lowest BCUT2D eigenvalue weighted by Gasteiger charge is -2.08. The van der Waals surface area contributed by atoms with Crippen molar-refractivity contribution in [3.63, 3.8) is 0 Å². The fourth-order valence-corrected chi connectivity index (χ4v) is 1.72. The van der Waals surface area contributed by atoms with E-state index >= 15 is 0 Å². The zero-order valence-corrected chi connectivity index (χ0v) is 10.2. The summed E-state index contributed by atoms with van der Waals surface area (Å²) in [6, 6.07) is 4.02. The van der Waals surface area contributed by atoms with Crippen LogP contribution in [0.5, 0.6) is 0 Å². The minimum Gasteiger partial charge on any atom is -0.479 e. The Morgan fingerprint density at radius 2 is 1.94 bits per heavy atom. The van der Waals surface area contributed by atoms with Crippen LogP contribution in [0.3, 0.4) is 0 Å². The predicted molar refractivity (Wildman–Crippen MR) is 63.7 cm³/mol. The molecule has 0 saturated heterocycles. The minimum atomic E-state index is -1.70. The molecule has 17 heavy (non-hydrogen) atoms. The predicted octanol–water partition coefficient (Wildman–Crippen LogP) is 2.27. The smallest absolute Gasteiger partial charge is 0.337 e. The van der Waals surface area contributed by atoms with Crippen LogP contribution in [0.15, 0.2) is 18.2 Å². The summed E-state index contributed by atoms with van der Waals surface area (Å²) in [4.78, 5) is 22.2. The first-order chi connectivity index (χ1) is 7.95. The van der Waals surface area contributed by atoms with Gasteiger partial charge in [-0.05, 0) is 23.8 Å². The Morgan fingerprint density at radius 3 is 2.47 bits per heavy atom. The minimum absolute atomic E-state index is 0.0722. The summed E-state index contributed by atoms with van der Waals surface area (Å²) in [5, 5.41) is 18.2. The van der Waals surface area contributed by atoms with Gasteiger partial charge in [0.25, 0.3) is 0 Å². The van der Waals surface area contributed by atoms with E-state index in [1.165, 1.54) is 18.2 Å². The maximum absolute atomic E-state index is 11.6. The number of carbonyl (C=O) groups excluding carboxylic acids is 1. The fourth-order valence-electron chi connectivity index (χ4n) is 1.30. The van der Waals surface area contributed by atoms with Crippen LogP contribution in [0.2, 0.25) is 5.02 Å². The molecule has 0 aliphatic heterocycles. The van der Waals surface area contributed by atoms with E-state index in [4.69, 9.17) is 28.3 Å². The first-order valence-electron chi connectivity index (χ1n) is 4.76. The van der Waals surface area contributed by atoms with Gasteiger partial charge in [0.1, 0.15) is 0 Å². The number of carbonyl (C=O) groups is 2. The third-order valence-corrected chi connectivity index (χ3v) is 2.52. The number of aliphatic carboxylic acids is 1. The molecular weight excluding hydrogens is 267 g/mol. The van der Waals surface area contributed by atoms with Crippen molar-refractivity contribution in [3.8, 4) is 0 Å². The van der Waals surface area contributed by atoms with E-state index in [9.17, 15) is 14.7 Å². The number of carboxylic acids is 1. The molecule has 6 heteroatoms. The van der Waals surface area contributed by atoms with Gasteiger partial charge in [0, 0.05) is 22.9 Å². The second kappa shape index (κ2) is 6.00. The highest BCUT2D eigenvalue weighted by atomic mass is 35.5. The Kier molecular flexibility index (Phi) is 4.93. The normalized spacial score (nSPS) is 12.2. The number of aliphatic hydroxyl groups is 1. The van der Waals surface area contributed by atoms with Crippen molar-refractivity contribution in [2.45, 2.75) is 12.5 Å². The van der Waals surface area contributed by atoms with E-state index in [-0.39, 0.29) is 34.2 Å². The van der Waals surface area contributed by atoms with E-state index < -0.39 is 12.1 Å². The Morgan fingerprint density at radius 1 is 1.29 bits per heavy atom. The highest BCUT2D eigenvalue weighted by molar-refractivity contribution is 6.31. The fraction of sp³-hybridized carbons (Fsp3) is 0.273. The zero-order valence-electron chi connectivity index (χ0n) is 8.69. The average Bonchev–Trinajstić information content (AvgIpc) is 2.27. The zero-order chi connectivity index (χ0) is 13.0. The third kappa shape index (κ3) is 3.70. The van der Waals surface area contributed by atoms with Crippen LogP contribution in [0.4, 0.5) is 0 Å². The number of hydrogen-bond donors (Lipinski definition) is 2. The number of hydrogen-bond acceptors (Lipinski definition) is 3. The number of benzene rings is 1. The summed E-state index contributed by atoms with van der Waals surface area (Å²) in [6.45, 7) is 0. The molecule has 0 saturated carbocycles. The van der Waals surface area contributed by atoms with Gasteiger partial charge < -0.3 is 10.2 Å². The standard InChI is InChI=1S/C11H10Cl2O4/c12-2-1-9(14)6-3-7(5-8(13)4-6)10(15)11(16)17/h3-5,10,15H,1-2H2,(H,16,17). The van der Waals surface area contributed by atoms with Gasteiger partial charge in [0.15, 0.2) is 11.9 Å². The summed E-state index contributed by atoms with van der Waals surface area (Å²) in [5.41, 5.74) is 0.316. The molecule has 1 rings (SSSR count).